The van der Waals surface area contributed by atoms with E-state index in [2.05, 4.69) is 24.3 Å². The molecular formula is C30H28O5S. The van der Waals surface area contributed by atoms with Gasteiger partial charge in [-0.2, -0.15) is 0 Å². The summed E-state index contributed by atoms with van der Waals surface area (Å²) in [6, 6.07) is 29.2. The van der Waals surface area contributed by atoms with Gasteiger partial charge in [0.05, 0.1) is 18.9 Å². The van der Waals surface area contributed by atoms with Gasteiger partial charge in [0.1, 0.15) is 5.75 Å². The Morgan fingerprint density at radius 2 is 1.28 bits per heavy atom. The Morgan fingerprint density at radius 1 is 0.722 bits per heavy atom. The van der Waals surface area contributed by atoms with Crippen LogP contribution in [0.5, 0.6) is 5.75 Å². The molecular weight excluding hydrogens is 472 g/mol. The van der Waals surface area contributed by atoms with Crippen LogP contribution in [0.2, 0.25) is 0 Å². The van der Waals surface area contributed by atoms with E-state index in [9.17, 15) is 19.8 Å². The van der Waals surface area contributed by atoms with Crippen molar-refractivity contribution in [2.24, 2.45) is 11.8 Å². The van der Waals surface area contributed by atoms with E-state index in [1.165, 1.54) is 10.4 Å². The number of carboxylic acids is 2. The fraction of sp³-hybridized carbons (Fsp3) is 0.200. The Kier molecular flexibility index (Phi) is 8.18. The number of carboxylic acid groups (broad SMARTS) is 2. The van der Waals surface area contributed by atoms with E-state index >= 15 is 0 Å². The Balaban J connectivity index is 1.45. The summed E-state index contributed by atoms with van der Waals surface area (Å²) < 4.78 is 5.22. The molecule has 0 bridgehead atoms. The van der Waals surface area contributed by atoms with Gasteiger partial charge in [0.15, 0.2) is 0 Å². The number of benzene rings is 3. The molecule has 4 rings (SSSR count). The number of rotatable bonds is 11. The van der Waals surface area contributed by atoms with E-state index in [-0.39, 0.29) is 12.8 Å². The molecule has 4 aromatic rings. The number of ether oxygens (including phenoxy) is 1. The maximum absolute atomic E-state index is 12.0. The molecule has 0 aliphatic rings. The maximum Gasteiger partial charge on any atom is 0.307 e. The van der Waals surface area contributed by atoms with Crippen molar-refractivity contribution in [2.75, 3.05) is 7.11 Å². The van der Waals surface area contributed by atoms with Gasteiger partial charge in [0.25, 0.3) is 0 Å². The first-order valence-corrected chi connectivity index (χ1v) is 12.5. The predicted octanol–water partition coefficient (Wildman–Crippen LogP) is 6.20. The van der Waals surface area contributed by atoms with Crippen molar-refractivity contribution in [2.45, 2.75) is 19.3 Å². The second kappa shape index (κ2) is 11.7. The largest absolute Gasteiger partial charge is 0.497 e. The molecule has 0 fully saturated rings. The van der Waals surface area contributed by atoms with E-state index in [4.69, 9.17) is 4.74 Å². The summed E-state index contributed by atoms with van der Waals surface area (Å²) in [5, 5.41) is 19.6. The normalized spacial score (nSPS) is 12.6. The van der Waals surface area contributed by atoms with Gasteiger partial charge in [-0.3, -0.25) is 9.59 Å². The fourth-order valence-corrected chi connectivity index (χ4v) is 5.35. The molecule has 0 amide bonds. The lowest BCUT2D eigenvalue weighted by molar-refractivity contribution is -0.153. The van der Waals surface area contributed by atoms with Crippen LogP contribution in [0.1, 0.15) is 21.6 Å². The van der Waals surface area contributed by atoms with Crippen LogP contribution in [0.3, 0.4) is 0 Å². The highest BCUT2D eigenvalue weighted by Gasteiger charge is 2.34. The number of carbonyl (C=O) groups is 2. The number of hydrogen-bond donors (Lipinski definition) is 2. The lowest BCUT2D eigenvalue weighted by Gasteiger charge is -2.21. The summed E-state index contributed by atoms with van der Waals surface area (Å²) in [7, 11) is 1.66. The maximum atomic E-state index is 12.0. The molecule has 0 unspecified atom stereocenters. The van der Waals surface area contributed by atoms with E-state index in [0.29, 0.717) is 0 Å². The number of hydrogen-bond acceptors (Lipinski definition) is 4. The average Bonchev–Trinajstić information content (AvgIpc) is 3.35. The molecule has 2 atom stereocenters. The molecule has 0 saturated carbocycles. The molecule has 0 radical (unpaired) electrons. The van der Waals surface area contributed by atoms with E-state index in [0.717, 1.165) is 33.7 Å². The van der Waals surface area contributed by atoms with Gasteiger partial charge in [-0.25, -0.2) is 0 Å². The second-order valence-corrected chi connectivity index (χ2v) is 9.94. The van der Waals surface area contributed by atoms with Crippen LogP contribution < -0.4 is 4.74 Å². The molecule has 1 heterocycles. The zero-order valence-corrected chi connectivity index (χ0v) is 20.8. The van der Waals surface area contributed by atoms with Gasteiger partial charge >= 0.3 is 11.9 Å². The van der Waals surface area contributed by atoms with Crippen LogP contribution in [0.4, 0.5) is 0 Å². The van der Waals surface area contributed by atoms with Gasteiger partial charge in [0, 0.05) is 16.2 Å². The summed E-state index contributed by atoms with van der Waals surface area (Å²) in [5.74, 6) is -3.38. The van der Waals surface area contributed by atoms with Gasteiger partial charge in [-0.15, -0.1) is 11.3 Å². The van der Waals surface area contributed by atoms with Gasteiger partial charge in [-0.05, 0) is 59.4 Å². The van der Waals surface area contributed by atoms with E-state index in [1.54, 1.807) is 18.4 Å². The molecule has 5 nitrogen and oxygen atoms in total. The SMILES string of the molecule is COc1ccc(Cc2ccc(-c3ccc(C[C@H](C(=O)O)[C@H](Cc4ccccc4)C(=O)O)cc3)s2)cc1. The minimum Gasteiger partial charge on any atom is -0.497 e. The number of methoxy groups -OCH3 is 1. The van der Waals surface area contributed by atoms with Crippen molar-refractivity contribution >= 4 is 23.3 Å². The standard InChI is InChI=1S/C30H28O5S/c1-35-24-13-9-21(10-14-24)17-25-15-16-28(36-25)23-11-7-22(8-12-23)19-27(30(33)34)26(29(31)32)18-20-5-3-2-4-6-20/h2-16,26-27H,17-19H2,1H3,(H,31,32)(H,33,34)/t26-,27-/m0/s1. The molecule has 0 aliphatic carbocycles. The van der Waals surface area contributed by atoms with Crippen LogP contribution >= 0.6 is 11.3 Å². The van der Waals surface area contributed by atoms with Crippen molar-refractivity contribution in [3.63, 3.8) is 0 Å². The van der Waals surface area contributed by atoms with E-state index < -0.39 is 23.8 Å². The lowest BCUT2D eigenvalue weighted by atomic mass is 9.82. The topological polar surface area (TPSA) is 83.8 Å². The summed E-state index contributed by atoms with van der Waals surface area (Å²) in [6.45, 7) is 0. The minimum absolute atomic E-state index is 0.159. The molecule has 36 heavy (non-hydrogen) atoms. The molecule has 6 heteroatoms. The minimum atomic E-state index is -1.09. The Morgan fingerprint density at radius 3 is 1.83 bits per heavy atom. The molecule has 0 aliphatic heterocycles. The third-order valence-corrected chi connectivity index (χ3v) is 7.45. The molecule has 0 spiro atoms. The zero-order valence-electron chi connectivity index (χ0n) is 20.0. The summed E-state index contributed by atoms with van der Waals surface area (Å²) in [4.78, 5) is 26.4. The zero-order chi connectivity index (χ0) is 25.5. The highest BCUT2D eigenvalue weighted by molar-refractivity contribution is 7.15. The predicted molar refractivity (Wildman–Crippen MR) is 142 cm³/mol. The van der Waals surface area contributed by atoms with Crippen molar-refractivity contribution in [1.29, 1.82) is 0 Å². The van der Waals surface area contributed by atoms with E-state index in [1.807, 2.05) is 66.7 Å². The van der Waals surface area contributed by atoms with Gasteiger partial charge < -0.3 is 14.9 Å². The summed E-state index contributed by atoms with van der Waals surface area (Å²) >= 11 is 1.72. The fourth-order valence-electron chi connectivity index (χ4n) is 4.30. The first kappa shape index (κ1) is 25.2. The van der Waals surface area contributed by atoms with Gasteiger partial charge in [-0.1, -0.05) is 66.7 Å². The summed E-state index contributed by atoms with van der Waals surface area (Å²) in [5.41, 5.74) is 3.88. The quantitative estimate of drug-likeness (QED) is 0.256. The lowest BCUT2D eigenvalue weighted by Crippen LogP contribution is -2.33. The van der Waals surface area contributed by atoms with Crippen molar-refractivity contribution < 1.29 is 24.5 Å². The van der Waals surface area contributed by atoms with Crippen molar-refractivity contribution in [3.8, 4) is 16.2 Å². The summed E-state index contributed by atoms with van der Waals surface area (Å²) in [6.07, 6.45) is 1.18. The highest BCUT2D eigenvalue weighted by Crippen LogP contribution is 2.31. The van der Waals surface area contributed by atoms with Crippen molar-refractivity contribution in [1.82, 2.24) is 0 Å². The first-order valence-electron chi connectivity index (χ1n) is 11.7. The van der Waals surface area contributed by atoms with Crippen LogP contribution in [0, 0.1) is 11.8 Å². The van der Waals surface area contributed by atoms with Gasteiger partial charge in [0.2, 0.25) is 0 Å². The third-order valence-electron chi connectivity index (χ3n) is 6.31. The smallest absolute Gasteiger partial charge is 0.307 e. The molecule has 1 aromatic heterocycles. The average molecular weight is 501 g/mol. The molecule has 184 valence electrons. The number of aliphatic carboxylic acids is 2. The second-order valence-electron chi connectivity index (χ2n) is 8.77. The van der Waals surface area contributed by atoms with Crippen LogP contribution in [0.15, 0.2) is 91.0 Å². The van der Waals surface area contributed by atoms with Crippen LogP contribution in [-0.4, -0.2) is 29.3 Å². The monoisotopic (exact) mass is 500 g/mol. The van der Waals surface area contributed by atoms with Crippen LogP contribution in [-0.2, 0) is 28.9 Å². The third kappa shape index (κ3) is 6.40. The number of thiophene rings is 1. The van der Waals surface area contributed by atoms with Crippen LogP contribution in [0.25, 0.3) is 10.4 Å². The molecule has 3 aromatic carbocycles. The van der Waals surface area contributed by atoms with Crippen molar-refractivity contribution in [3.05, 3.63) is 113 Å². The molecule has 0 saturated heterocycles. The highest BCUT2D eigenvalue weighted by atomic mass is 32.1. The Labute approximate surface area is 214 Å². The first-order chi connectivity index (χ1) is 17.4. The molecule has 2 N–H and O–H groups in total. The Bertz CT molecular complexity index is 1290. The Hall–Kier alpha value is -3.90.